The summed E-state index contributed by atoms with van der Waals surface area (Å²) in [6, 6.07) is 17.1. The standard InChI is InChI=1S/C33H41N/c1-4-10-24(11-5-1)27-16-17-32-28(20-27)18-19-34-33(32)31-22-29(25-12-6-2-7-13-25)21-30(23-31)26-14-8-3-9-15-26/h16-26H,1-15H2. The number of rotatable bonds is 4. The van der Waals surface area contributed by atoms with Gasteiger partial charge in [0.1, 0.15) is 0 Å². The fourth-order valence-corrected chi connectivity index (χ4v) is 7.27. The second-order valence-corrected chi connectivity index (χ2v) is 11.5. The van der Waals surface area contributed by atoms with Gasteiger partial charge < -0.3 is 0 Å². The van der Waals surface area contributed by atoms with Gasteiger partial charge in [0.15, 0.2) is 0 Å². The van der Waals surface area contributed by atoms with E-state index in [0.717, 1.165) is 17.8 Å². The molecule has 0 radical (unpaired) electrons. The minimum Gasteiger partial charge on any atom is -0.256 e. The Balaban J connectivity index is 1.41. The Morgan fingerprint density at radius 2 is 1.03 bits per heavy atom. The molecule has 0 unspecified atom stereocenters. The van der Waals surface area contributed by atoms with Gasteiger partial charge in [-0.25, -0.2) is 0 Å². The van der Waals surface area contributed by atoms with Crippen LogP contribution < -0.4 is 0 Å². The maximum absolute atomic E-state index is 4.99. The monoisotopic (exact) mass is 451 g/mol. The van der Waals surface area contributed by atoms with Crippen LogP contribution in [0.25, 0.3) is 22.0 Å². The van der Waals surface area contributed by atoms with Crippen LogP contribution in [0.1, 0.15) is 131 Å². The molecule has 1 nitrogen and oxygen atoms in total. The summed E-state index contributed by atoms with van der Waals surface area (Å²) in [5.74, 6) is 2.23. The number of hydrogen-bond acceptors (Lipinski definition) is 1. The largest absolute Gasteiger partial charge is 0.256 e. The molecular weight excluding hydrogens is 410 g/mol. The first-order valence-corrected chi connectivity index (χ1v) is 14.4. The van der Waals surface area contributed by atoms with Crippen molar-refractivity contribution in [2.24, 2.45) is 0 Å². The number of hydrogen-bond donors (Lipinski definition) is 0. The first-order valence-electron chi connectivity index (χ1n) is 14.4. The smallest absolute Gasteiger partial charge is 0.0780 e. The molecular formula is C33H41N. The van der Waals surface area contributed by atoms with Crippen molar-refractivity contribution in [1.82, 2.24) is 4.98 Å². The third-order valence-electron chi connectivity index (χ3n) is 9.27. The zero-order valence-electron chi connectivity index (χ0n) is 20.9. The first kappa shape index (κ1) is 22.3. The average Bonchev–Trinajstić information content (AvgIpc) is 2.93. The van der Waals surface area contributed by atoms with Crippen molar-refractivity contribution >= 4 is 10.8 Å². The minimum atomic E-state index is 0.740. The second-order valence-electron chi connectivity index (χ2n) is 11.5. The molecule has 3 aromatic rings. The summed E-state index contributed by atoms with van der Waals surface area (Å²) in [6.07, 6.45) is 22.8. The van der Waals surface area contributed by atoms with Gasteiger partial charge >= 0.3 is 0 Å². The molecule has 0 N–H and O–H groups in total. The summed E-state index contributed by atoms with van der Waals surface area (Å²) in [4.78, 5) is 4.99. The number of fused-ring (bicyclic) bond motifs is 1. The first-order chi connectivity index (χ1) is 16.8. The molecule has 3 aliphatic rings. The predicted molar refractivity (Wildman–Crippen MR) is 145 cm³/mol. The molecule has 6 rings (SSSR count). The lowest BCUT2D eigenvalue weighted by atomic mass is 9.78. The predicted octanol–water partition coefficient (Wildman–Crippen LogP) is 10.0. The van der Waals surface area contributed by atoms with Crippen molar-refractivity contribution in [2.75, 3.05) is 0 Å². The molecule has 1 aromatic heterocycles. The fraction of sp³-hybridized carbons (Fsp3) is 0.545. The SMILES string of the molecule is c1cc2cc(C3CCCCC3)ccc2c(-c2cc(C3CCCCC3)cc(C3CCCCC3)c2)n1. The summed E-state index contributed by atoms with van der Waals surface area (Å²) in [6.45, 7) is 0. The normalized spacial score (nSPS) is 21.2. The zero-order chi connectivity index (χ0) is 22.7. The molecule has 1 heterocycles. The van der Waals surface area contributed by atoms with E-state index in [4.69, 9.17) is 4.98 Å². The quantitative estimate of drug-likeness (QED) is 0.384. The highest BCUT2D eigenvalue weighted by atomic mass is 14.7. The topological polar surface area (TPSA) is 12.9 Å². The molecule has 34 heavy (non-hydrogen) atoms. The summed E-state index contributed by atoms with van der Waals surface area (Å²) in [5.41, 5.74) is 7.29. The fourth-order valence-electron chi connectivity index (χ4n) is 7.27. The highest BCUT2D eigenvalue weighted by molar-refractivity contribution is 5.95. The van der Waals surface area contributed by atoms with Gasteiger partial charge in [-0.1, -0.05) is 82.1 Å². The van der Waals surface area contributed by atoms with Crippen LogP contribution in [0.15, 0.2) is 48.7 Å². The molecule has 0 aliphatic heterocycles. The van der Waals surface area contributed by atoms with Gasteiger partial charge in [0.05, 0.1) is 5.69 Å². The van der Waals surface area contributed by atoms with Gasteiger partial charge in [-0.3, -0.25) is 4.98 Å². The van der Waals surface area contributed by atoms with Crippen LogP contribution >= 0.6 is 0 Å². The Labute approximate surface area is 206 Å². The van der Waals surface area contributed by atoms with Crippen molar-refractivity contribution in [3.63, 3.8) is 0 Å². The van der Waals surface area contributed by atoms with E-state index in [1.807, 2.05) is 0 Å². The van der Waals surface area contributed by atoms with E-state index in [2.05, 4.69) is 48.7 Å². The third kappa shape index (κ3) is 4.68. The maximum atomic E-state index is 4.99. The van der Waals surface area contributed by atoms with Crippen molar-refractivity contribution < 1.29 is 0 Å². The Morgan fingerprint density at radius 3 is 1.59 bits per heavy atom. The van der Waals surface area contributed by atoms with Crippen molar-refractivity contribution in [3.8, 4) is 11.3 Å². The zero-order valence-corrected chi connectivity index (χ0v) is 20.9. The molecule has 0 bridgehead atoms. The van der Waals surface area contributed by atoms with E-state index >= 15 is 0 Å². The molecule has 3 aliphatic carbocycles. The molecule has 2 aromatic carbocycles. The van der Waals surface area contributed by atoms with Crippen LogP contribution in [0.5, 0.6) is 0 Å². The molecule has 0 amide bonds. The van der Waals surface area contributed by atoms with Crippen molar-refractivity contribution in [3.05, 3.63) is 65.4 Å². The summed E-state index contributed by atoms with van der Waals surface area (Å²) >= 11 is 0. The molecule has 3 fully saturated rings. The summed E-state index contributed by atoms with van der Waals surface area (Å²) < 4.78 is 0. The lowest BCUT2D eigenvalue weighted by Gasteiger charge is -2.27. The van der Waals surface area contributed by atoms with E-state index in [1.54, 1.807) is 16.7 Å². The summed E-state index contributed by atoms with van der Waals surface area (Å²) in [5, 5.41) is 2.70. The van der Waals surface area contributed by atoms with Gasteiger partial charge in [0.25, 0.3) is 0 Å². The summed E-state index contributed by atoms with van der Waals surface area (Å²) in [7, 11) is 0. The van der Waals surface area contributed by atoms with Crippen LogP contribution in [0.2, 0.25) is 0 Å². The van der Waals surface area contributed by atoms with Gasteiger partial charge in [0, 0.05) is 17.1 Å². The van der Waals surface area contributed by atoms with Crippen LogP contribution in [-0.2, 0) is 0 Å². The van der Waals surface area contributed by atoms with Gasteiger partial charge in [0.2, 0.25) is 0 Å². The number of benzene rings is 2. The van der Waals surface area contributed by atoms with Crippen LogP contribution in [-0.4, -0.2) is 4.98 Å². The Bertz CT molecular complexity index is 1070. The molecule has 0 spiro atoms. The molecule has 0 saturated heterocycles. The van der Waals surface area contributed by atoms with Gasteiger partial charge in [-0.2, -0.15) is 0 Å². The lowest BCUT2D eigenvalue weighted by Crippen LogP contribution is -2.09. The van der Waals surface area contributed by atoms with E-state index in [0.29, 0.717) is 0 Å². The highest BCUT2D eigenvalue weighted by Crippen LogP contribution is 2.41. The highest BCUT2D eigenvalue weighted by Gasteiger charge is 2.22. The minimum absolute atomic E-state index is 0.740. The van der Waals surface area contributed by atoms with E-state index in [-0.39, 0.29) is 0 Å². The van der Waals surface area contributed by atoms with Gasteiger partial charge in [-0.15, -0.1) is 0 Å². The van der Waals surface area contributed by atoms with Crippen LogP contribution in [0, 0.1) is 0 Å². The number of aromatic nitrogens is 1. The van der Waals surface area contributed by atoms with Gasteiger partial charge in [-0.05, 0) is 96.6 Å². The third-order valence-corrected chi connectivity index (χ3v) is 9.27. The van der Waals surface area contributed by atoms with Crippen molar-refractivity contribution in [1.29, 1.82) is 0 Å². The van der Waals surface area contributed by atoms with Crippen LogP contribution in [0.3, 0.4) is 0 Å². The average molecular weight is 452 g/mol. The number of pyridine rings is 1. The molecule has 178 valence electrons. The molecule has 0 atom stereocenters. The Hall–Kier alpha value is -2.15. The van der Waals surface area contributed by atoms with E-state index in [1.165, 1.54) is 118 Å². The Morgan fingerprint density at radius 1 is 0.500 bits per heavy atom. The van der Waals surface area contributed by atoms with Crippen molar-refractivity contribution in [2.45, 2.75) is 114 Å². The van der Waals surface area contributed by atoms with Crippen LogP contribution in [0.4, 0.5) is 0 Å². The molecule has 3 saturated carbocycles. The second kappa shape index (κ2) is 10.2. The van der Waals surface area contributed by atoms with E-state index in [9.17, 15) is 0 Å². The Kier molecular flexibility index (Phi) is 6.71. The maximum Gasteiger partial charge on any atom is 0.0780 e. The number of nitrogens with zero attached hydrogens (tertiary/aromatic N) is 1. The van der Waals surface area contributed by atoms with E-state index < -0.39 is 0 Å². The lowest BCUT2D eigenvalue weighted by molar-refractivity contribution is 0.435. The molecule has 1 heteroatoms.